The number of carbonyl (C=O) groups excluding carboxylic acids is 1. The van der Waals surface area contributed by atoms with Crippen LogP contribution in [0, 0.1) is 0 Å². The number of carbonyl (C=O) groups is 1. The van der Waals surface area contributed by atoms with Gasteiger partial charge in [-0.05, 0) is 55.0 Å². The van der Waals surface area contributed by atoms with Crippen LogP contribution in [0.4, 0.5) is 5.69 Å². The lowest BCUT2D eigenvalue weighted by Gasteiger charge is -2.06. The Kier molecular flexibility index (Phi) is 5.76. The van der Waals surface area contributed by atoms with Gasteiger partial charge in [0.15, 0.2) is 11.5 Å². The standard InChI is InChI=1S/C17H18N2O5S/c1-3-24-17-10-13(4-9-16(17)21)11-18-14-5-7-15(8-6-14)25(22,23)19-12(2)20/h4-11,21H,3H2,1-2H3,(H,19,20). The second-order valence-corrected chi connectivity index (χ2v) is 6.76. The number of aromatic hydroxyl groups is 1. The van der Waals surface area contributed by atoms with Crippen LogP contribution in [0.2, 0.25) is 0 Å². The van der Waals surface area contributed by atoms with Crippen molar-refractivity contribution in [2.45, 2.75) is 18.7 Å². The summed E-state index contributed by atoms with van der Waals surface area (Å²) in [5.74, 6) is -0.241. The Morgan fingerprint density at radius 1 is 1.24 bits per heavy atom. The molecule has 0 saturated carbocycles. The van der Waals surface area contributed by atoms with Gasteiger partial charge >= 0.3 is 0 Å². The normalized spacial score (nSPS) is 11.4. The van der Waals surface area contributed by atoms with Crippen LogP contribution >= 0.6 is 0 Å². The zero-order valence-electron chi connectivity index (χ0n) is 13.8. The molecule has 0 fully saturated rings. The van der Waals surface area contributed by atoms with E-state index in [1.54, 1.807) is 18.3 Å². The zero-order valence-corrected chi connectivity index (χ0v) is 14.6. The Labute approximate surface area is 146 Å². The summed E-state index contributed by atoms with van der Waals surface area (Å²) in [5.41, 5.74) is 1.25. The van der Waals surface area contributed by atoms with Gasteiger partial charge in [0.1, 0.15) is 0 Å². The quantitative estimate of drug-likeness (QED) is 0.768. The summed E-state index contributed by atoms with van der Waals surface area (Å²) in [4.78, 5) is 15.1. The Hall–Kier alpha value is -2.87. The molecule has 0 unspecified atom stereocenters. The number of hydrogen-bond donors (Lipinski definition) is 2. The molecule has 0 aliphatic rings. The highest BCUT2D eigenvalue weighted by molar-refractivity contribution is 7.90. The fraction of sp³-hybridized carbons (Fsp3) is 0.176. The van der Waals surface area contributed by atoms with Crippen molar-refractivity contribution in [3.05, 3.63) is 48.0 Å². The Balaban J connectivity index is 2.17. The molecule has 8 heteroatoms. The van der Waals surface area contributed by atoms with Crippen molar-refractivity contribution in [2.75, 3.05) is 6.61 Å². The third kappa shape index (κ3) is 5.05. The molecule has 2 aromatic carbocycles. The van der Waals surface area contributed by atoms with Crippen LogP contribution in [0.15, 0.2) is 52.4 Å². The van der Waals surface area contributed by atoms with Crippen molar-refractivity contribution in [1.29, 1.82) is 0 Å². The van der Waals surface area contributed by atoms with Gasteiger partial charge in [-0.25, -0.2) is 13.1 Å². The minimum Gasteiger partial charge on any atom is -0.504 e. The average Bonchev–Trinajstić information content (AvgIpc) is 2.55. The summed E-state index contributed by atoms with van der Waals surface area (Å²) < 4.78 is 30.9. The van der Waals surface area contributed by atoms with Crippen LogP contribution < -0.4 is 9.46 Å². The van der Waals surface area contributed by atoms with E-state index >= 15 is 0 Å². The summed E-state index contributed by atoms with van der Waals surface area (Å²) >= 11 is 0. The summed E-state index contributed by atoms with van der Waals surface area (Å²) in [6.45, 7) is 3.37. The van der Waals surface area contributed by atoms with Crippen molar-refractivity contribution in [2.24, 2.45) is 4.99 Å². The van der Waals surface area contributed by atoms with E-state index in [0.29, 0.717) is 18.0 Å². The number of ether oxygens (including phenoxy) is 1. The number of aliphatic imine (C=N–C) groups is 1. The lowest BCUT2D eigenvalue weighted by molar-refractivity contribution is -0.117. The molecule has 0 heterocycles. The van der Waals surface area contributed by atoms with Crippen LogP contribution in [0.25, 0.3) is 0 Å². The number of rotatable bonds is 6. The van der Waals surface area contributed by atoms with E-state index in [2.05, 4.69) is 4.99 Å². The van der Waals surface area contributed by atoms with Crippen molar-refractivity contribution < 1.29 is 23.1 Å². The van der Waals surface area contributed by atoms with Gasteiger partial charge in [0.05, 0.1) is 17.2 Å². The molecule has 0 saturated heterocycles. The molecule has 0 bridgehead atoms. The smallest absolute Gasteiger partial charge is 0.264 e. The van der Waals surface area contributed by atoms with Gasteiger partial charge in [0, 0.05) is 13.1 Å². The summed E-state index contributed by atoms with van der Waals surface area (Å²) in [7, 11) is -3.86. The maximum absolute atomic E-state index is 11.9. The Morgan fingerprint density at radius 2 is 1.92 bits per heavy atom. The average molecular weight is 362 g/mol. The van der Waals surface area contributed by atoms with Gasteiger partial charge in [-0.15, -0.1) is 0 Å². The van der Waals surface area contributed by atoms with Crippen molar-refractivity contribution in [3.8, 4) is 11.5 Å². The number of nitrogens with one attached hydrogen (secondary N) is 1. The maximum Gasteiger partial charge on any atom is 0.264 e. The number of nitrogens with zero attached hydrogens (tertiary/aromatic N) is 1. The summed E-state index contributed by atoms with van der Waals surface area (Å²) in [6.07, 6.45) is 1.57. The van der Waals surface area contributed by atoms with Gasteiger partial charge < -0.3 is 9.84 Å². The first kappa shape index (κ1) is 18.5. The van der Waals surface area contributed by atoms with Gasteiger partial charge in [0.2, 0.25) is 5.91 Å². The number of sulfonamides is 1. The number of phenolic OH excluding ortho intramolecular Hbond substituents is 1. The minimum absolute atomic E-state index is 0.0232. The van der Waals surface area contributed by atoms with Crippen LogP contribution in [0.1, 0.15) is 19.4 Å². The molecular formula is C17H18N2O5S. The molecule has 0 atom stereocenters. The second-order valence-electron chi connectivity index (χ2n) is 5.07. The monoisotopic (exact) mass is 362 g/mol. The lowest BCUT2D eigenvalue weighted by Crippen LogP contribution is -2.28. The molecule has 2 aromatic rings. The molecule has 0 aliphatic carbocycles. The SMILES string of the molecule is CCOc1cc(C=Nc2ccc(S(=O)(=O)NC(C)=O)cc2)ccc1O. The van der Waals surface area contributed by atoms with E-state index in [1.165, 1.54) is 30.3 Å². The molecule has 7 nitrogen and oxygen atoms in total. The zero-order chi connectivity index (χ0) is 18.4. The first-order valence-electron chi connectivity index (χ1n) is 7.45. The Bertz CT molecular complexity index is 890. The summed E-state index contributed by atoms with van der Waals surface area (Å²) in [6, 6.07) is 10.6. The minimum atomic E-state index is -3.86. The van der Waals surface area contributed by atoms with Gasteiger partial charge in [0.25, 0.3) is 10.0 Å². The fourth-order valence-electron chi connectivity index (χ4n) is 1.99. The van der Waals surface area contributed by atoms with Gasteiger partial charge in [-0.3, -0.25) is 9.79 Å². The molecular weight excluding hydrogens is 344 g/mol. The number of hydrogen-bond acceptors (Lipinski definition) is 6. The van der Waals surface area contributed by atoms with Crippen molar-refractivity contribution >= 4 is 27.8 Å². The lowest BCUT2D eigenvalue weighted by atomic mass is 10.2. The number of benzene rings is 2. The third-order valence-corrected chi connectivity index (χ3v) is 4.52. The first-order valence-corrected chi connectivity index (χ1v) is 8.93. The molecule has 0 aromatic heterocycles. The van der Waals surface area contributed by atoms with Crippen LogP contribution in [0.3, 0.4) is 0 Å². The topological polar surface area (TPSA) is 105 Å². The molecule has 0 spiro atoms. The van der Waals surface area contributed by atoms with Gasteiger partial charge in [-0.1, -0.05) is 0 Å². The highest BCUT2D eigenvalue weighted by atomic mass is 32.2. The summed E-state index contributed by atoms with van der Waals surface area (Å²) in [5, 5.41) is 9.66. The predicted molar refractivity (Wildman–Crippen MR) is 94.0 cm³/mol. The van der Waals surface area contributed by atoms with E-state index in [-0.39, 0.29) is 10.6 Å². The number of amides is 1. The van der Waals surface area contributed by atoms with Crippen LogP contribution in [-0.2, 0) is 14.8 Å². The highest BCUT2D eigenvalue weighted by Crippen LogP contribution is 2.26. The van der Waals surface area contributed by atoms with Crippen molar-refractivity contribution in [3.63, 3.8) is 0 Å². The molecule has 0 aliphatic heterocycles. The molecule has 2 N–H and O–H groups in total. The molecule has 132 valence electrons. The molecule has 2 rings (SSSR count). The van der Waals surface area contributed by atoms with E-state index in [9.17, 15) is 18.3 Å². The first-order chi connectivity index (χ1) is 11.8. The predicted octanol–water partition coefficient (Wildman–Crippen LogP) is 2.37. The van der Waals surface area contributed by atoms with E-state index in [0.717, 1.165) is 12.5 Å². The molecule has 25 heavy (non-hydrogen) atoms. The largest absolute Gasteiger partial charge is 0.504 e. The third-order valence-electron chi connectivity index (χ3n) is 3.07. The second kappa shape index (κ2) is 7.80. The van der Waals surface area contributed by atoms with E-state index < -0.39 is 15.9 Å². The van der Waals surface area contributed by atoms with E-state index in [4.69, 9.17) is 4.74 Å². The Morgan fingerprint density at radius 3 is 2.52 bits per heavy atom. The fourth-order valence-corrected chi connectivity index (χ4v) is 2.98. The van der Waals surface area contributed by atoms with Gasteiger partial charge in [-0.2, -0.15) is 0 Å². The van der Waals surface area contributed by atoms with Crippen LogP contribution in [0.5, 0.6) is 11.5 Å². The van der Waals surface area contributed by atoms with E-state index in [1.807, 2.05) is 11.6 Å². The highest BCUT2D eigenvalue weighted by Gasteiger charge is 2.14. The number of phenols is 1. The molecule has 0 radical (unpaired) electrons. The van der Waals surface area contributed by atoms with Crippen LogP contribution in [-0.4, -0.2) is 32.3 Å². The molecule has 1 amide bonds. The van der Waals surface area contributed by atoms with Crippen molar-refractivity contribution in [1.82, 2.24) is 4.72 Å². The maximum atomic E-state index is 11.9.